The Morgan fingerprint density at radius 1 is 1.21 bits per heavy atom. The van der Waals surface area contributed by atoms with Crippen LogP contribution in [0.15, 0.2) is 29.3 Å². The van der Waals surface area contributed by atoms with Crippen molar-refractivity contribution in [2.45, 2.75) is 45.1 Å². The Hall–Kier alpha value is -2.18. The Kier molecular flexibility index (Phi) is 6.01. The second-order valence-electron chi connectivity index (χ2n) is 7.48. The maximum Gasteiger partial charge on any atom is 0.194 e. The number of aliphatic imine (C=N–C) groups is 1. The molecule has 0 radical (unpaired) electrons. The lowest BCUT2D eigenvalue weighted by molar-refractivity contribution is 0.0946. The van der Waals surface area contributed by atoms with Gasteiger partial charge in [-0.05, 0) is 56.7 Å². The predicted octanol–water partition coefficient (Wildman–Crippen LogP) is 5.09. The molecule has 1 N–H and O–H groups in total. The molecular weight excluding hydrogens is 395 g/mol. The molecular formula is C22H24ClFN2O3. The van der Waals surface area contributed by atoms with Gasteiger partial charge in [-0.1, -0.05) is 11.6 Å². The SMILES string of the molecule is CCOc1ccc(-c2nc3c(cc2Cl)N=C(OC2CCC(CO)CC2)C3)c(F)c1. The largest absolute Gasteiger partial charge is 0.494 e. The van der Waals surface area contributed by atoms with Gasteiger partial charge in [-0.2, -0.15) is 0 Å². The van der Waals surface area contributed by atoms with Crippen molar-refractivity contribution in [1.29, 1.82) is 0 Å². The summed E-state index contributed by atoms with van der Waals surface area (Å²) in [6.07, 6.45) is 4.34. The lowest BCUT2D eigenvalue weighted by Crippen LogP contribution is -2.25. The normalized spacial score (nSPS) is 20.9. The first-order valence-corrected chi connectivity index (χ1v) is 10.4. The molecule has 1 fully saturated rings. The monoisotopic (exact) mass is 418 g/mol. The number of hydrogen-bond donors (Lipinski definition) is 1. The molecule has 0 spiro atoms. The van der Waals surface area contributed by atoms with Gasteiger partial charge in [0.2, 0.25) is 0 Å². The molecule has 154 valence electrons. The number of nitrogens with zero attached hydrogens (tertiary/aromatic N) is 2. The topological polar surface area (TPSA) is 63.9 Å². The molecule has 1 aliphatic carbocycles. The third-order valence-corrected chi connectivity index (χ3v) is 5.75. The van der Waals surface area contributed by atoms with Crippen LogP contribution < -0.4 is 4.74 Å². The Balaban J connectivity index is 1.49. The fourth-order valence-corrected chi connectivity index (χ4v) is 4.13. The number of aliphatic hydroxyl groups excluding tert-OH is 1. The van der Waals surface area contributed by atoms with Gasteiger partial charge in [0.15, 0.2) is 5.90 Å². The fourth-order valence-electron chi connectivity index (χ4n) is 3.89. The average molecular weight is 419 g/mol. The molecule has 1 aromatic carbocycles. The number of aliphatic hydroxyl groups is 1. The van der Waals surface area contributed by atoms with Crippen molar-refractivity contribution < 1.29 is 19.0 Å². The quantitative estimate of drug-likeness (QED) is 0.734. The van der Waals surface area contributed by atoms with Crippen LogP contribution in [-0.2, 0) is 11.2 Å². The zero-order valence-corrected chi connectivity index (χ0v) is 17.1. The van der Waals surface area contributed by atoms with Crippen molar-refractivity contribution in [1.82, 2.24) is 4.98 Å². The summed E-state index contributed by atoms with van der Waals surface area (Å²) in [6.45, 7) is 2.56. The maximum absolute atomic E-state index is 14.6. The lowest BCUT2D eigenvalue weighted by Gasteiger charge is -2.27. The van der Waals surface area contributed by atoms with Gasteiger partial charge in [-0.15, -0.1) is 0 Å². The molecule has 29 heavy (non-hydrogen) atoms. The molecule has 1 aliphatic heterocycles. The van der Waals surface area contributed by atoms with Crippen LogP contribution in [0.4, 0.5) is 10.1 Å². The zero-order chi connectivity index (χ0) is 20.4. The Morgan fingerprint density at radius 2 is 2.00 bits per heavy atom. The number of hydrogen-bond acceptors (Lipinski definition) is 5. The van der Waals surface area contributed by atoms with E-state index in [2.05, 4.69) is 9.98 Å². The molecule has 7 heteroatoms. The molecule has 1 aromatic heterocycles. The van der Waals surface area contributed by atoms with E-state index in [9.17, 15) is 9.50 Å². The van der Waals surface area contributed by atoms with Crippen molar-refractivity contribution in [3.05, 3.63) is 40.8 Å². The number of fused-ring (bicyclic) bond motifs is 1. The number of aromatic nitrogens is 1. The van der Waals surface area contributed by atoms with Gasteiger partial charge in [-0.25, -0.2) is 14.4 Å². The molecule has 4 rings (SSSR count). The number of benzene rings is 1. The minimum atomic E-state index is -0.429. The zero-order valence-electron chi connectivity index (χ0n) is 16.3. The van der Waals surface area contributed by atoms with Gasteiger partial charge in [0.25, 0.3) is 0 Å². The molecule has 1 saturated carbocycles. The molecule has 0 amide bonds. The smallest absolute Gasteiger partial charge is 0.194 e. The van der Waals surface area contributed by atoms with Crippen molar-refractivity contribution >= 4 is 23.2 Å². The molecule has 2 aliphatic rings. The Labute approximate surface area is 174 Å². The van der Waals surface area contributed by atoms with Gasteiger partial charge in [0.05, 0.1) is 35.1 Å². The van der Waals surface area contributed by atoms with E-state index < -0.39 is 5.82 Å². The summed E-state index contributed by atoms with van der Waals surface area (Å²) in [5, 5.41) is 9.62. The van der Waals surface area contributed by atoms with Crippen molar-refractivity contribution in [3.8, 4) is 17.0 Å². The number of pyridine rings is 1. The number of halogens is 2. The van der Waals surface area contributed by atoms with E-state index >= 15 is 0 Å². The maximum atomic E-state index is 14.6. The highest BCUT2D eigenvalue weighted by atomic mass is 35.5. The minimum absolute atomic E-state index is 0.115. The second kappa shape index (κ2) is 8.67. The van der Waals surface area contributed by atoms with E-state index in [0.717, 1.165) is 31.4 Å². The molecule has 0 bridgehead atoms. The van der Waals surface area contributed by atoms with E-state index in [1.807, 2.05) is 6.92 Å². The van der Waals surface area contributed by atoms with Crippen LogP contribution in [0, 0.1) is 11.7 Å². The Bertz CT molecular complexity index is 927. The summed E-state index contributed by atoms with van der Waals surface area (Å²) in [4.78, 5) is 9.11. The summed E-state index contributed by atoms with van der Waals surface area (Å²) < 4.78 is 26.0. The second-order valence-corrected chi connectivity index (χ2v) is 7.89. The van der Waals surface area contributed by atoms with Gasteiger partial charge in [0, 0.05) is 18.2 Å². The summed E-state index contributed by atoms with van der Waals surface area (Å²) in [7, 11) is 0. The summed E-state index contributed by atoms with van der Waals surface area (Å²) >= 11 is 6.39. The van der Waals surface area contributed by atoms with Crippen LogP contribution in [-0.4, -0.2) is 35.3 Å². The highest BCUT2D eigenvalue weighted by Gasteiger charge is 2.26. The molecule has 5 nitrogen and oxygen atoms in total. The third kappa shape index (κ3) is 4.38. The molecule has 2 heterocycles. The first-order valence-electron chi connectivity index (χ1n) is 10.0. The Morgan fingerprint density at radius 3 is 2.69 bits per heavy atom. The van der Waals surface area contributed by atoms with Crippen LogP contribution >= 0.6 is 11.6 Å². The van der Waals surface area contributed by atoms with Gasteiger partial charge >= 0.3 is 0 Å². The van der Waals surface area contributed by atoms with E-state index in [1.165, 1.54) is 6.07 Å². The summed E-state index contributed by atoms with van der Waals surface area (Å²) in [5.74, 6) is 1.05. The first kappa shape index (κ1) is 20.1. The third-order valence-electron chi connectivity index (χ3n) is 5.46. The highest BCUT2D eigenvalue weighted by molar-refractivity contribution is 6.33. The molecule has 0 unspecified atom stereocenters. The van der Waals surface area contributed by atoms with Gasteiger partial charge in [-0.3, -0.25) is 0 Å². The van der Waals surface area contributed by atoms with Crippen molar-refractivity contribution in [2.75, 3.05) is 13.2 Å². The highest BCUT2D eigenvalue weighted by Crippen LogP contribution is 2.37. The number of rotatable bonds is 5. The van der Waals surface area contributed by atoms with Crippen molar-refractivity contribution in [3.63, 3.8) is 0 Å². The van der Waals surface area contributed by atoms with Crippen LogP contribution in [0.5, 0.6) is 5.75 Å². The van der Waals surface area contributed by atoms with E-state index in [4.69, 9.17) is 21.1 Å². The summed E-state index contributed by atoms with van der Waals surface area (Å²) in [5.41, 5.74) is 2.13. The van der Waals surface area contributed by atoms with Crippen LogP contribution in [0.25, 0.3) is 11.3 Å². The molecule has 0 atom stereocenters. The van der Waals surface area contributed by atoms with E-state index in [-0.39, 0.29) is 12.7 Å². The molecule has 2 aromatic rings. The average Bonchev–Trinajstić information content (AvgIpc) is 3.09. The van der Waals surface area contributed by atoms with E-state index in [1.54, 1.807) is 18.2 Å². The molecule has 0 saturated heterocycles. The lowest BCUT2D eigenvalue weighted by atomic mass is 9.88. The van der Waals surface area contributed by atoms with E-state index in [0.29, 0.717) is 52.6 Å². The van der Waals surface area contributed by atoms with Crippen LogP contribution in [0.3, 0.4) is 0 Å². The first-order chi connectivity index (χ1) is 14.1. The van der Waals surface area contributed by atoms with Crippen LogP contribution in [0.1, 0.15) is 38.3 Å². The minimum Gasteiger partial charge on any atom is -0.494 e. The predicted molar refractivity (Wildman–Crippen MR) is 111 cm³/mol. The number of ether oxygens (including phenoxy) is 2. The van der Waals surface area contributed by atoms with Gasteiger partial charge in [0.1, 0.15) is 17.7 Å². The van der Waals surface area contributed by atoms with Crippen molar-refractivity contribution in [2.24, 2.45) is 10.9 Å². The van der Waals surface area contributed by atoms with Gasteiger partial charge < -0.3 is 14.6 Å². The standard InChI is InChI=1S/C22H24ClFN2O3/c1-2-28-15-7-8-16(18(24)9-15)22-17(23)10-19-20(26-22)11-21(25-19)29-14-5-3-13(12-27)4-6-14/h7-10,13-14,27H,2-6,11-12H2,1H3. The fraction of sp³-hybridized carbons (Fsp3) is 0.455. The van der Waals surface area contributed by atoms with Crippen LogP contribution in [0.2, 0.25) is 5.02 Å². The summed E-state index contributed by atoms with van der Waals surface area (Å²) in [6, 6.07) is 6.40.